The zero-order valence-electron chi connectivity index (χ0n) is 11.0. The third-order valence-corrected chi connectivity index (χ3v) is 4.51. The minimum atomic E-state index is 0.743. The van der Waals surface area contributed by atoms with E-state index in [0.29, 0.717) is 0 Å². The maximum absolute atomic E-state index is 3.56. The Morgan fingerprint density at radius 1 is 1.00 bits per heavy atom. The van der Waals surface area contributed by atoms with Crippen molar-refractivity contribution in [3.8, 4) is 0 Å². The summed E-state index contributed by atoms with van der Waals surface area (Å²) in [6.07, 6.45) is 9.95. The summed E-state index contributed by atoms with van der Waals surface area (Å²) in [5, 5.41) is 3.56. The minimum absolute atomic E-state index is 0.743. The van der Waals surface area contributed by atoms with Crippen molar-refractivity contribution in [1.29, 1.82) is 0 Å². The van der Waals surface area contributed by atoms with Crippen molar-refractivity contribution >= 4 is 0 Å². The smallest absolute Gasteiger partial charge is 0.0249 e. The highest BCUT2D eigenvalue weighted by atomic mass is 15.2. The van der Waals surface area contributed by atoms with Crippen molar-refractivity contribution in [2.24, 2.45) is 5.92 Å². The van der Waals surface area contributed by atoms with Crippen molar-refractivity contribution in [2.75, 3.05) is 20.1 Å². The van der Waals surface area contributed by atoms with Crippen LogP contribution in [0.5, 0.6) is 0 Å². The van der Waals surface area contributed by atoms with Gasteiger partial charge in [-0.15, -0.1) is 0 Å². The van der Waals surface area contributed by atoms with E-state index >= 15 is 0 Å². The summed E-state index contributed by atoms with van der Waals surface area (Å²) < 4.78 is 0. The first-order valence-electron chi connectivity index (χ1n) is 7.22. The molecule has 1 saturated heterocycles. The highest BCUT2D eigenvalue weighted by Crippen LogP contribution is 2.26. The van der Waals surface area contributed by atoms with Crippen LogP contribution in [-0.4, -0.2) is 37.1 Å². The third-order valence-electron chi connectivity index (χ3n) is 4.51. The van der Waals surface area contributed by atoms with Gasteiger partial charge in [-0.25, -0.2) is 0 Å². The number of nitrogens with zero attached hydrogens (tertiary/aromatic N) is 1. The van der Waals surface area contributed by atoms with Crippen molar-refractivity contribution in [3.63, 3.8) is 0 Å². The summed E-state index contributed by atoms with van der Waals surface area (Å²) >= 11 is 0. The second kappa shape index (κ2) is 6.02. The summed E-state index contributed by atoms with van der Waals surface area (Å²) in [7, 11) is 2.15. The Kier molecular flexibility index (Phi) is 4.66. The average molecular weight is 224 g/mol. The molecule has 94 valence electrons. The van der Waals surface area contributed by atoms with E-state index in [1.54, 1.807) is 0 Å². The van der Waals surface area contributed by atoms with Gasteiger partial charge in [-0.2, -0.15) is 0 Å². The third kappa shape index (κ3) is 2.98. The molecule has 16 heavy (non-hydrogen) atoms. The van der Waals surface area contributed by atoms with Crippen LogP contribution >= 0.6 is 0 Å². The van der Waals surface area contributed by atoms with Gasteiger partial charge in [0.2, 0.25) is 0 Å². The van der Waals surface area contributed by atoms with Gasteiger partial charge >= 0.3 is 0 Å². The van der Waals surface area contributed by atoms with Crippen molar-refractivity contribution in [1.82, 2.24) is 10.2 Å². The quantitative estimate of drug-likeness (QED) is 0.725. The Balaban J connectivity index is 1.97. The normalized spacial score (nSPS) is 38.2. The van der Waals surface area contributed by atoms with Crippen molar-refractivity contribution < 1.29 is 0 Å². The number of hydrogen-bond acceptors (Lipinski definition) is 2. The molecule has 0 amide bonds. The van der Waals surface area contributed by atoms with Crippen molar-refractivity contribution in [2.45, 2.75) is 64.0 Å². The van der Waals surface area contributed by atoms with Gasteiger partial charge in [-0.3, -0.25) is 4.90 Å². The average Bonchev–Trinajstić information content (AvgIpc) is 2.53. The fraction of sp³-hybridized carbons (Fsp3) is 1.00. The van der Waals surface area contributed by atoms with Crippen LogP contribution in [0.1, 0.15) is 51.9 Å². The van der Waals surface area contributed by atoms with Crippen LogP contribution in [0.3, 0.4) is 0 Å². The van der Waals surface area contributed by atoms with Gasteiger partial charge in [-0.1, -0.05) is 26.2 Å². The van der Waals surface area contributed by atoms with Crippen LogP contribution in [-0.2, 0) is 0 Å². The molecular weight excluding hydrogens is 196 g/mol. The molecule has 2 nitrogen and oxygen atoms in total. The van der Waals surface area contributed by atoms with Gasteiger partial charge < -0.3 is 5.32 Å². The van der Waals surface area contributed by atoms with Crippen LogP contribution < -0.4 is 5.32 Å². The topological polar surface area (TPSA) is 15.3 Å². The molecule has 0 spiro atoms. The number of nitrogens with one attached hydrogen (secondary N) is 1. The molecule has 1 aliphatic heterocycles. The number of hydrogen-bond donors (Lipinski definition) is 1. The highest BCUT2D eigenvalue weighted by molar-refractivity contribution is 4.88. The van der Waals surface area contributed by atoms with E-state index in [2.05, 4.69) is 24.2 Å². The molecule has 2 heteroatoms. The lowest BCUT2D eigenvalue weighted by Gasteiger charge is -2.40. The number of rotatable bonds is 2. The van der Waals surface area contributed by atoms with Gasteiger partial charge in [-0.05, 0) is 45.2 Å². The number of likely N-dealkylation sites (tertiary alicyclic amines) is 1. The second-order valence-corrected chi connectivity index (χ2v) is 5.84. The molecule has 1 saturated carbocycles. The van der Waals surface area contributed by atoms with E-state index in [4.69, 9.17) is 0 Å². The molecule has 0 aromatic rings. The minimum Gasteiger partial charge on any atom is -0.315 e. The predicted molar refractivity (Wildman–Crippen MR) is 69.7 cm³/mol. The largest absolute Gasteiger partial charge is 0.315 e. The van der Waals surface area contributed by atoms with Crippen LogP contribution in [0, 0.1) is 5.92 Å². The molecule has 0 aromatic carbocycles. The van der Waals surface area contributed by atoms with E-state index in [0.717, 1.165) is 18.0 Å². The van der Waals surface area contributed by atoms with E-state index in [9.17, 15) is 0 Å². The zero-order valence-corrected chi connectivity index (χ0v) is 11.0. The van der Waals surface area contributed by atoms with Crippen LogP contribution in [0.15, 0.2) is 0 Å². The highest BCUT2D eigenvalue weighted by Gasteiger charge is 2.30. The van der Waals surface area contributed by atoms with Gasteiger partial charge in [0, 0.05) is 18.6 Å². The first kappa shape index (κ1) is 12.4. The predicted octanol–water partition coefficient (Wildman–Crippen LogP) is 2.64. The Hall–Kier alpha value is -0.0800. The molecule has 2 rings (SSSR count). The molecule has 2 aliphatic rings. The molecule has 3 unspecified atom stereocenters. The summed E-state index contributed by atoms with van der Waals surface area (Å²) in [6, 6.07) is 1.56. The molecule has 3 atom stereocenters. The molecular formula is C14H28N2. The van der Waals surface area contributed by atoms with Gasteiger partial charge in [0.05, 0.1) is 0 Å². The summed E-state index contributed by atoms with van der Waals surface area (Å²) in [5.74, 6) is 0.912. The SMILES string of the molecule is CNC1CCCCCC1N1CCCC(C)C1. The van der Waals surface area contributed by atoms with Crippen molar-refractivity contribution in [3.05, 3.63) is 0 Å². The van der Waals surface area contributed by atoms with E-state index in [1.165, 1.54) is 58.0 Å². The first-order chi connectivity index (χ1) is 7.81. The molecule has 2 fully saturated rings. The Bertz CT molecular complexity index is 205. The number of piperidine rings is 1. The molecule has 0 radical (unpaired) electrons. The van der Waals surface area contributed by atoms with Crippen LogP contribution in [0.25, 0.3) is 0 Å². The van der Waals surface area contributed by atoms with E-state index in [-0.39, 0.29) is 0 Å². The molecule has 0 aromatic heterocycles. The van der Waals surface area contributed by atoms with E-state index in [1.807, 2.05) is 0 Å². The lowest BCUT2D eigenvalue weighted by molar-refractivity contribution is 0.100. The monoisotopic (exact) mass is 224 g/mol. The summed E-state index contributed by atoms with van der Waals surface area (Å²) in [4.78, 5) is 2.78. The maximum atomic E-state index is 3.56. The Morgan fingerprint density at radius 2 is 1.81 bits per heavy atom. The van der Waals surface area contributed by atoms with E-state index < -0.39 is 0 Å². The fourth-order valence-corrected chi connectivity index (χ4v) is 3.59. The van der Waals surface area contributed by atoms with Gasteiger partial charge in [0.25, 0.3) is 0 Å². The zero-order chi connectivity index (χ0) is 11.4. The number of likely N-dealkylation sites (N-methyl/N-ethyl adjacent to an activating group) is 1. The lowest BCUT2D eigenvalue weighted by Crippen LogP contribution is -2.51. The molecule has 0 bridgehead atoms. The Morgan fingerprint density at radius 3 is 2.56 bits per heavy atom. The van der Waals surface area contributed by atoms with Gasteiger partial charge in [0.15, 0.2) is 0 Å². The maximum Gasteiger partial charge on any atom is 0.0249 e. The Labute approximate surface area is 101 Å². The second-order valence-electron chi connectivity index (χ2n) is 5.84. The summed E-state index contributed by atoms with van der Waals surface area (Å²) in [6.45, 7) is 5.09. The molecule has 1 aliphatic carbocycles. The standard InChI is InChI=1S/C14H28N2/c1-12-7-6-10-16(11-12)14-9-5-3-4-8-13(14)15-2/h12-15H,3-11H2,1-2H3. The first-order valence-corrected chi connectivity index (χ1v) is 7.22. The van der Waals surface area contributed by atoms with Crippen LogP contribution in [0.4, 0.5) is 0 Å². The fourth-order valence-electron chi connectivity index (χ4n) is 3.59. The molecule has 1 heterocycles. The van der Waals surface area contributed by atoms with Crippen LogP contribution in [0.2, 0.25) is 0 Å². The lowest BCUT2D eigenvalue weighted by atomic mass is 9.94. The summed E-state index contributed by atoms with van der Waals surface area (Å²) in [5.41, 5.74) is 0. The van der Waals surface area contributed by atoms with Gasteiger partial charge in [0.1, 0.15) is 0 Å². The molecule has 1 N–H and O–H groups in total.